The van der Waals surface area contributed by atoms with Gasteiger partial charge in [0.1, 0.15) is 11.6 Å². The van der Waals surface area contributed by atoms with Crippen molar-refractivity contribution in [3.8, 4) is 5.75 Å². The standard InChI is InChI=1S/C21H23ClFN3O3/c1-29-19-5-3-2-4-15(19)12-25-20(27)11-18-21(28)24-8-9-26(18)13-14-6-7-16(22)17(23)10-14/h2-7,10,18H,8-9,11-13H2,1H3,(H,24,28)(H,25,27). The van der Waals surface area contributed by atoms with Gasteiger partial charge in [0.05, 0.1) is 24.6 Å². The number of hydrogen-bond donors (Lipinski definition) is 2. The van der Waals surface area contributed by atoms with E-state index in [0.29, 0.717) is 37.5 Å². The van der Waals surface area contributed by atoms with E-state index in [-0.39, 0.29) is 23.3 Å². The first-order chi connectivity index (χ1) is 14.0. The molecule has 2 amide bonds. The summed E-state index contributed by atoms with van der Waals surface area (Å²) < 4.78 is 19.0. The molecular formula is C21H23ClFN3O3. The maximum atomic E-state index is 13.7. The van der Waals surface area contributed by atoms with Crippen molar-refractivity contribution in [1.82, 2.24) is 15.5 Å². The SMILES string of the molecule is COc1ccccc1CNC(=O)CC1C(=O)NCCN1Cc1ccc(Cl)c(F)c1. The highest BCUT2D eigenvalue weighted by atomic mass is 35.5. The molecule has 1 atom stereocenters. The number of para-hydroxylation sites is 1. The van der Waals surface area contributed by atoms with Crippen LogP contribution in [0.3, 0.4) is 0 Å². The zero-order chi connectivity index (χ0) is 20.8. The van der Waals surface area contributed by atoms with Crippen LogP contribution >= 0.6 is 11.6 Å². The minimum Gasteiger partial charge on any atom is -0.496 e. The normalized spacial score (nSPS) is 16.9. The average Bonchev–Trinajstić information content (AvgIpc) is 2.72. The number of carbonyl (C=O) groups excluding carboxylic acids is 2. The molecule has 29 heavy (non-hydrogen) atoms. The quantitative estimate of drug-likeness (QED) is 0.723. The van der Waals surface area contributed by atoms with Crippen LogP contribution in [0, 0.1) is 5.82 Å². The van der Waals surface area contributed by atoms with E-state index in [1.54, 1.807) is 13.2 Å². The zero-order valence-electron chi connectivity index (χ0n) is 16.1. The Hall–Kier alpha value is -2.64. The highest BCUT2D eigenvalue weighted by molar-refractivity contribution is 6.30. The van der Waals surface area contributed by atoms with Gasteiger partial charge in [0, 0.05) is 31.7 Å². The third-order valence-electron chi connectivity index (χ3n) is 4.86. The fourth-order valence-corrected chi connectivity index (χ4v) is 3.45. The predicted octanol–water partition coefficient (Wildman–Crippen LogP) is 2.49. The Kier molecular flexibility index (Phi) is 7.06. The summed E-state index contributed by atoms with van der Waals surface area (Å²) in [6.45, 7) is 1.71. The fraction of sp³-hybridized carbons (Fsp3) is 0.333. The molecule has 2 aromatic carbocycles. The van der Waals surface area contributed by atoms with Crippen molar-refractivity contribution >= 4 is 23.4 Å². The average molecular weight is 420 g/mol. The summed E-state index contributed by atoms with van der Waals surface area (Å²) in [6, 6.07) is 11.4. The zero-order valence-corrected chi connectivity index (χ0v) is 16.8. The summed E-state index contributed by atoms with van der Waals surface area (Å²) in [7, 11) is 1.57. The van der Waals surface area contributed by atoms with Crippen LogP contribution in [-0.4, -0.2) is 43.0 Å². The molecule has 3 rings (SSSR count). The first kappa shape index (κ1) is 21.1. The lowest BCUT2D eigenvalue weighted by molar-refractivity contribution is -0.134. The first-order valence-corrected chi connectivity index (χ1v) is 9.70. The summed E-state index contributed by atoms with van der Waals surface area (Å²) in [4.78, 5) is 26.7. The molecule has 8 heteroatoms. The Bertz CT molecular complexity index is 893. The number of nitrogens with one attached hydrogen (secondary N) is 2. The lowest BCUT2D eigenvalue weighted by Crippen LogP contribution is -2.56. The van der Waals surface area contributed by atoms with Crippen molar-refractivity contribution in [2.45, 2.75) is 25.6 Å². The number of hydrogen-bond acceptors (Lipinski definition) is 4. The Labute approximate surface area is 174 Å². The Morgan fingerprint density at radius 1 is 1.34 bits per heavy atom. The van der Waals surface area contributed by atoms with E-state index in [9.17, 15) is 14.0 Å². The number of benzene rings is 2. The van der Waals surface area contributed by atoms with Crippen molar-refractivity contribution < 1.29 is 18.7 Å². The molecule has 1 heterocycles. The number of rotatable bonds is 7. The van der Waals surface area contributed by atoms with Crippen molar-refractivity contribution in [2.75, 3.05) is 20.2 Å². The minimum absolute atomic E-state index is 0.0110. The smallest absolute Gasteiger partial charge is 0.237 e. The van der Waals surface area contributed by atoms with Gasteiger partial charge in [-0.05, 0) is 23.8 Å². The lowest BCUT2D eigenvalue weighted by atomic mass is 10.1. The van der Waals surface area contributed by atoms with Crippen LogP contribution in [0.1, 0.15) is 17.5 Å². The Morgan fingerprint density at radius 3 is 2.90 bits per heavy atom. The molecule has 0 saturated carbocycles. The van der Waals surface area contributed by atoms with Crippen LogP contribution < -0.4 is 15.4 Å². The summed E-state index contributed by atoms with van der Waals surface area (Å²) in [5.41, 5.74) is 1.55. The molecule has 1 aliphatic heterocycles. The fourth-order valence-electron chi connectivity index (χ4n) is 3.34. The van der Waals surface area contributed by atoms with Crippen molar-refractivity contribution in [3.63, 3.8) is 0 Å². The molecular weight excluding hydrogens is 397 g/mol. The number of halogens is 2. The molecule has 0 aliphatic carbocycles. The molecule has 0 bridgehead atoms. The molecule has 2 N–H and O–H groups in total. The number of nitrogens with zero attached hydrogens (tertiary/aromatic N) is 1. The number of piperazine rings is 1. The highest BCUT2D eigenvalue weighted by Crippen LogP contribution is 2.20. The second-order valence-electron chi connectivity index (χ2n) is 6.82. The molecule has 2 aromatic rings. The van der Waals surface area contributed by atoms with Crippen LogP contribution in [-0.2, 0) is 22.7 Å². The van der Waals surface area contributed by atoms with Gasteiger partial charge < -0.3 is 15.4 Å². The Balaban J connectivity index is 1.63. The third kappa shape index (κ3) is 5.46. The van der Waals surface area contributed by atoms with Gasteiger partial charge in [0.15, 0.2) is 0 Å². The van der Waals surface area contributed by atoms with Crippen molar-refractivity contribution in [3.05, 3.63) is 64.4 Å². The van der Waals surface area contributed by atoms with Crippen LogP contribution in [0.4, 0.5) is 4.39 Å². The topological polar surface area (TPSA) is 70.7 Å². The number of carbonyl (C=O) groups is 2. The van der Waals surface area contributed by atoms with Gasteiger partial charge >= 0.3 is 0 Å². The highest BCUT2D eigenvalue weighted by Gasteiger charge is 2.31. The van der Waals surface area contributed by atoms with Gasteiger partial charge in [-0.1, -0.05) is 35.9 Å². The third-order valence-corrected chi connectivity index (χ3v) is 5.17. The Morgan fingerprint density at radius 2 is 2.14 bits per heavy atom. The van der Waals surface area contributed by atoms with Crippen LogP contribution in [0.5, 0.6) is 5.75 Å². The van der Waals surface area contributed by atoms with Crippen LogP contribution in [0.2, 0.25) is 5.02 Å². The summed E-state index contributed by atoms with van der Waals surface area (Å²) in [5.74, 6) is -0.269. The van der Waals surface area contributed by atoms with E-state index < -0.39 is 11.9 Å². The number of ether oxygens (including phenoxy) is 1. The van der Waals surface area contributed by atoms with E-state index >= 15 is 0 Å². The van der Waals surface area contributed by atoms with E-state index in [1.807, 2.05) is 29.2 Å². The molecule has 154 valence electrons. The summed E-state index contributed by atoms with van der Waals surface area (Å²) in [6.07, 6.45) is 0.0110. The number of amides is 2. The van der Waals surface area contributed by atoms with Crippen molar-refractivity contribution in [1.29, 1.82) is 0 Å². The summed E-state index contributed by atoms with van der Waals surface area (Å²) >= 11 is 5.74. The van der Waals surface area contributed by atoms with E-state index in [4.69, 9.17) is 16.3 Å². The van der Waals surface area contributed by atoms with Gasteiger partial charge in [-0.3, -0.25) is 14.5 Å². The molecule has 0 spiro atoms. The van der Waals surface area contributed by atoms with Gasteiger partial charge in [-0.25, -0.2) is 4.39 Å². The molecule has 6 nitrogen and oxygen atoms in total. The largest absolute Gasteiger partial charge is 0.496 e. The maximum Gasteiger partial charge on any atom is 0.237 e. The molecule has 1 aliphatic rings. The molecule has 1 saturated heterocycles. The molecule has 1 unspecified atom stereocenters. The maximum absolute atomic E-state index is 13.7. The van der Waals surface area contributed by atoms with E-state index in [1.165, 1.54) is 12.1 Å². The van der Waals surface area contributed by atoms with Gasteiger partial charge in [0.25, 0.3) is 0 Å². The van der Waals surface area contributed by atoms with Gasteiger partial charge in [-0.2, -0.15) is 0 Å². The lowest BCUT2D eigenvalue weighted by Gasteiger charge is -2.34. The monoisotopic (exact) mass is 419 g/mol. The van der Waals surface area contributed by atoms with Gasteiger partial charge in [0.2, 0.25) is 11.8 Å². The molecule has 1 fully saturated rings. The summed E-state index contributed by atoms with van der Waals surface area (Å²) in [5, 5.41) is 5.68. The molecule has 0 aromatic heterocycles. The first-order valence-electron chi connectivity index (χ1n) is 9.32. The van der Waals surface area contributed by atoms with Gasteiger partial charge in [-0.15, -0.1) is 0 Å². The molecule has 0 radical (unpaired) electrons. The van der Waals surface area contributed by atoms with E-state index in [2.05, 4.69) is 10.6 Å². The van der Waals surface area contributed by atoms with E-state index in [0.717, 1.165) is 5.56 Å². The van der Waals surface area contributed by atoms with Crippen LogP contribution in [0.15, 0.2) is 42.5 Å². The minimum atomic E-state index is -0.625. The predicted molar refractivity (Wildman–Crippen MR) is 108 cm³/mol. The number of methoxy groups -OCH3 is 1. The second kappa shape index (κ2) is 9.71. The second-order valence-corrected chi connectivity index (χ2v) is 7.23. The van der Waals surface area contributed by atoms with Crippen LogP contribution in [0.25, 0.3) is 0 Å². The van der Waals surface area contributed by atoms with Crippen molar-refractivity contribution in [2.24, 2.45) is 0 Å².